The summed E-state index contributed by atoms with van der Waals surface area (Å²) in [5.41, 5.74) is -2.17. The number of hydrogen-bond donors (Lipinski definition) is 2. The van der Waals surface area contributed by atoms with Gasteiger partial charge in [0.05, 0.1) is 18.2 Å². The van der Waals surface area contributed by atoms with E-state index in [0.29, 0.717) is 18.6 Å². The minimum atomic E-state index is -1.37. The molecule has 1 unspecified atom stereocenters. The van der Waals surface area contributed by atoms with Gasteiger partial charge in [0.2, 0.25) is 5.91 Å². The molecule has 3 rings (SSSR count). The highest BCUT2D eigenvalue weighted by Crippen LogP contribution is 2.45. The fraction of sp³-hybridized carbons (Fsp3) is 0.389. The zero-order valence-corrected chi connectivity index (χ0v) is 13.3. The van der Waals surface area contributed by atoms with E-state index in [-0.39, 0.29) is 18.0 Å². The molecular weight excluding hydrogens is 316 g/mol. The van der Waals surface area contributed by atoms with Crippen LogP contribution in [0.5, 0.6) is 0 Å². The monoisotopic (exact) mass is 335 g/mol. The van der Waals surface area contributed by atoms with E-state index in [4.69, 9.17) is 4.42 Å². The lowest BCUT2D eigenvalue weighted by Gasteiger charge is -2.41. The summed E-state index contributed by atoms with van der Waals surface area (Å²) in [6.45, 7) is 1.46. The normalized spacial score (nSPS) is 18.5. The van der Waals surface area contributed by atoms with Crippen molar-refractivity contribution < 1.29 is 23.1 Å². The molecule has 2 N–H and O–H groups in total. The van der Waals surface area contributed by atoms with Crippen LogP contribution in [0, 0.1) is 11.6 Å². The number of halogens is 2. The van der Waals surface area contributed by atoms with Gasteiger partial charge in [-0.2, -0.15) is 0 Å². The van der Waals surface area contributed by atoms with Crippen molar-refractivity contribution in [1.82, 2.24) is 5.32 Å². The van der Waals surface area contributed by atoms with Crippen LogP contribution in [0.15, 0.2) is 41.0 Å². The molecule has 2 aromatic rings. The number of furan rings is 1. The number of nitrogens with one attached hydrogen (secondary N) is 1. The predicted octanol–water partition coefficient (Wildman–Crippen LogP) is 3.00. The molecule has 1 saturated carbocycles. The minimum Gasteiger partial charge on any atom is -0.466 e. The van der Waals surface area contributed by atoms with Gasteiger partial charge in [-0.05, 0) is 38.0 Å². The van der Waals surface area contributed by atoms with Gasteiger partial charge in [-0.15, -0.1) is 0 Å². The second-order valence-corrected chi connectivity index (χ2v) is 6.49. The molecule has 128 valence electrons. The Labute approximate surface area is 138 Å². The lowest BCUT2D eigenvalue weighted by atomic mass is 9.63. The van der Waals surface area contributed by atoms with Gasteiger partial charge < -0.3 is 14.8 Å². The van der Waals surface area contributed by atoms with Crippen LogP contribution in [0.25, 0.3) is 0 Å². The van der Waals surface area contributed by atoms with Crippen LogP contribution >= 0.6 is 0 Å². The van der Waals surface area contributed by atoms with Gasteiger partial charge in [-0.25, -0.2) is 8.78 Å². The third-order valence-electron chi connectivity index (χ3n) is 4.73. The summed E-state index contributed by atoms with van der Waals surface area (Å²) in [5, 5.41) is 13.1. The molecule has 24 heavy (non-hydrogen) atoms. The maximum absolute atomic E-state index is 14.1. The molecule has 1 aliphatic carbocycles. The molecule has 1 aromatic heterocycles. The first-order valence-corrected chi connectivity index (χ1v) is 7.85. The quantitative estimate of drug-likeness (QED) is 0.883. The lowest BCUT2D eigenvalue weighted by molar-refractivity contribution is -0.131. The largest absolute Gasteiger partial charge is 0.466 e. The zero-order valence-electron chi connectivity index (χ0n) is 13.3. The number of rotatable bonds is 5. The number of amides is 1. The van der Waals surface area contributed by atoms with E-state index in [9.17, 15) is 18.7 Å². The van der Waals surface area contributed by atoms with Gasteiger partial charge in [0.1, 0.15) is 23.0 Å². The highest BCUT2D eigenvalue weighted by molar-refractivity contribution is 5.89. The molecule has 1 aromatic carbocycles. The van der Waals surface area contributed by atoms with Crippen molar-refractivity contribution >= 4 is 5.91 Å². The Balaban J connectivity index is 1.77. The molecule has 1 aliphatic rings. The maximum atomic E-state index is 14.1. The van der Waals surface area contributed by atoms with Gasteiger partial charge >= 0.3 is 0 Å². The van der Waals surface area contributed by atoms with Crippen molar-refractivity contribution in [3.63, 3.8) is 0 Å². The average Bonchev–Trinajstić information content (AvgIpc) is 3.01. The first-order valence-electron chi connectivity index (χ1n) is 7.85. The van der Waals surface area contributed by atoms with Crippen molar-refractivity contribution in [2.24, 2.45) is 0 Å². The van der Waals surface area contributed by atoms with Crippen LogP contribution in [0.2, 0.25) is 0 Å². The number of hydrogen-bond acceptors (Lipinski definition) is 3. The fourth-order valence-corrected chi connectivity index (χ4v) is 3.12. The van der Waals surface area contributed by atoms with Crippen LogP contribution in [-0.4, -0.2) is 17.6 Å². The third-order valence-corrected chi connectivity index (χ3v) is 4.73. The molecule has 0 radical (unpaired) electrons. The van der Waals surface area contributed by atoms with Crippen molar-refractivity contribution in [3.8, 4) is 0 Å². The molecule has 1 atom stereocenters. The number of carbonyl (C=O) groups excluding carboxylic acids is 1. The zero-order chi connectivity index (χ0) is 17.4. The van der Waals surface area contributed by atoms with Gasteiger partial charge in [0.15, 0.2) is 0 Å². The van der Waals surface area contributed by atoms with Crippen molar-refractivity contribution in [2.75, 3.05) is 6.54 Å². The molecule has 1 amide bonds. The van der Waals surface area contributed by atoms with Crippen molar-refractivity contribution in [1.29, 1.82) is 0 Å². The summed E-state index contributed by atoms with van der Waals surface area (Å²) >= 11 is 0. The van der Waals surface area contributed by atoms with Crippen molar-refractivity contribution in [3.05, 3.63) is 59.6 Å². The summed E-state index contributed by atoms with van der Waals surface area (Å²) in [6, 6.07) is 6.54. The molecular formula is C18H19F2NO3. The van der Waals surface area contributed by atoms with E-state index >= 15 is 0 Å². The van der Waals surface area contributed by atoms with E-state index < -0.39 is 22.7 Å². The van der Waals surface area contributed by atoms with Gasteiger partial charge in [0, 0.05) is 11.6 Å². The standard InChI is InChI=1S/C18H19F2NO3/c1-17(23,15-4-2-9-24-15)11-21-16(22)18(7-3-8-18)13-6-5-12(19)10-14(13)20/h2,4-6,9-10,23H,3,7-8,11H2,1H3,(H,21,22). The Morgan fingerprint density at radius 1 is 1.38 bits per heavy atom. The van der Waals surface area contributed by atoms with E-state index in [2.05, 4.69) is 5.32 Å². The molecule has 6 heteroatoms. The van der Waals surface area contributed by atoms with Gasteiger partial charge in [0.25, 0.3) is 0 Å². The fourth-order valence-electron chi connectivity index (χ4n) is 3.12. The number of carbonyl (C=O) groups is 1. The Morgan fingerprint density at radius 2 is 2.12 bits per heavy atom. The molecule has 4 nitrogen and oxygen atoms in total. The average molecular weight is 335 g/mol. The summed E-state index contributed by atoms with van der Waals surface area (Å²) in [7, 11) is 0. The van der Waals surface area contributed by atoms with Crippen LogP contribution in [-0.2, 0) is 15.8 Å². The Kier molecular flexibility index (Phi) is 4.17. The van der Waals surface area contributed by atoms with E-state index in [0.717, 1.165) is 18.6 Å². The van der Waals surface area contributed by atoms with E-state index in [1.165, 1.54) is 19.3 Å². The molecule has 0 bridgehead atoms. The maximum Gasteiger partial charge on any atom is 0.230 e. The highest BCUT2D eigenvalue weighted by Gasteiger charge is 2.47. The number of benzene rings is 1. The first kappa shape index (κ1) is 16.6. The van der Waals surface area contributed by atoms with Crippen LogP contribution in [0.3, 0.4) is 0 Å². The first-order chi connectivity index (χ1) is 11.3. The molecule has 1 fully saturated rings. The lowest BCUT2D eigenvalue weighted by Crippen LogP contribution is -2.52. The van der Waals surface area contributed by atoms with Gasteiger partial charge in [-0.3, -0.25) is 4.79 Å². The summed E-state index contributed by atoms with van der Waals surface area (Å²) in [4.78, 5) is 12.7. The Morgan fingerprint density at radius 3 is 2.67 bits per heavy atom. The van der Waals surface area contributed by atoms with Crippen LogP contribution in [0.4, 0.5) is 8.78 Å². The molecule has 0 aliphatic heterocycles. The minimum absolute atomic E-state index is 0.0656. The SMILES string of the molecule is CC(O)(CNC(=O)C1(c2ccc(F)cc2F)CCC1)c1ccco1. The van der Waals surface area contributed by atoms with Crippen LogP contribution < -0.4 is 5.32 Å². The predicted molar refractivity (Wildman–Crippen MR) is 83.2 cm³/mol. The van der Waals surface area contributed by atoms with E-state index in [1.54, 1.807) is 12.1 Å². The smallest absolute Gasteiger partial charge is 0.230 e. The van der Waals surface area contributed by atoms with Crippen LogP contribution in [0.1, 0.15) is 37.5 Å². The topological polar surface area (TPSA) is 62.5 Å². The highest BCUT2D eigenvalue weighted by atomic mass is 19.1. The third kappa shape index (κ3) is 2.82. The second kappa shape index (κ2) is 6.02. The Bertz CT molecular complexity index is 737. The molecule has 1 heterocycles. The summed E-state index contributed by atoms with van der Waals surface area (Å²) in [6.07, 6.45) is 3.21. The van der Waals surface area contributed by atoms with Crippen molar-refractivity contribution in [2.45, 2.75) is 37.2 Å². The van der Waals surface area contributed by atoms with Gasteiger partial charge in [-0.1, -0.05) is 12.5 Å². The summed E-state index contributed by atoms with van der Waals surface area (Å²) < 4.78 is 32.4. The van der Waals surface area contributed by atoms with E-state index in [1.807, 2.05) is 0 Å². The summed E-state index contributed by atoms with van der Waals surface area (Å²) in [5.74, 6) is -1.43. The number of aliphatic hydroxyl groups is 1. The second-order valence-electron chi connectivity index (χ2n) is 6.49. The molecule has 0 saturated heterocycles. The molecule has 0 spiro atoms. The Hall–Kier alpha value is -2.21.